The summed E-state index contributed by atoms with van der Waals surface area (Å²) in [5.41, 5.74) is 0.723. The van der Waals surface area contributed by atoms with E-state index < -0.39 is 11.6 Å². The molecule has 1 amide bonds. The molecule has 0 spiro atoms. The molecular weight excluding hydrogens is 343 g/mol. The topological polar surface area (TPSA) is 54.0 Å². The van der Waals surface area contributed by atoms with Gasteiger partial charge in [0.05, 0.1) is 5.56 Å². The van der Waals surface area contributed by atoms with E-state index >= 15 is 0 Å². The average molecular weight is 357 g/mol. The zero-order valence-electron chi connectivity index (χ0n) is 13.5. The van der Waals surface area contributed by atoms with Gasteiger partial charge in [0.25, 0.3) is 5.91 Å². The number of hydrogen-bond acceptors (Lipinski definition) is 3. The van der Waals surface area contributed by atoms with Crippen molar-refractivity contribution in [3.8, 4) is 0 Å². The van der Waals surface area contributed by atoms with Gasteiger partial charge in [0.1, 0.15) is 29.0 Å². The van der Waals surface area contributed by atoms with E-state index in [0.29, 0.717) is 0 Å². The van der Waals surface area contributed by atoms with Crippen LogP contribution in [0.25, 0.3) is 0 Å². The SMILES string of the molecule is O=C(NCc1ccc(F)cc1)c1ccc(Nc2c(F)cccc2F)nc1. The van der Waals surface area contributed by atoms with Crippen LogP contribution in [0.5, 0.6) is 0 Å². The Morgan fingerprint density at radius 2 is 1.62 bits per heavy atom. The molecule has 7 heteroatoms. The number of hydrogen-bond donors (Lipinski definition) is 2. The van der Waals surface area contributed by atoms with Gasteiger partial charge in [-0.05, 0) is 42.0 Å². The Morgan fingerprint density at radius 1 is 0.923 bits per heavy atom. The fraction of sp³-hybridized carbons (Fsp3) is 0.0526. The Bertz CT molecular complexity index is 892. The molecule has 0 radical (unpaired) electrons. The molecule has 132 valence electrons. The van der Waals surface area contributed by atoms with Crippen LogP contribution in [0.4, 0.5) is 24.7 Å². The monoisotopic (exact) mass is 357 g/mol. The smallest absolute Gasteiger partial charge is 0.253 e. The van der Waals surface area contributed by atoms with Gasteiger partial charge in [-0.2, -0.15) is 0 Å². The highest BCUT2D eigenvalue weighted by molar-refractivity contribution is 5.94. The molecule has 0 aliphatic rings. The number of carbonyl (C=O) groups is 1. The van der Waals surface area contributed by atoms with E-state index in [1.807, 2.05) is 0 Å². The summed E-state index contributed by atoms with van der Waals surface area (Å²) >= 11 is 0. The number of aromatic nitrogens is 1. The van der Waals surface area contributed by atoms with E-state index in [4.69, 9.17) is 0 Å². The highest BCUT2D eigenvalue weighted by Gasteiger charge is 2.10. The first-order valence-electron chi connectivity index (χ1n) is 7.72. The summed E-state index contributed by atoms with van der Waals surface area (Å²) in [7, 11) is 0. The Balaban J connectivity index is 1.63. The maximum Gasteiger partial charge on any atom is 0.253 e. The highest BCUT2D eigenvalue weighted by atomic mass is 19.1. The number of amides is 1. The molecule has 0 unspecified atom stereocenters. The van der Waals surface area contributed by atoms with Gasteiger partial charge >= 0.3 is 0 Å². The highest BCUT2D eigenvalue weighted by Crippen LogP contribution is 2.22. The van der Waals surface area contributed by atoms with Crippen molar-refractivity contribution in [1.29, 1.82) is 0 Å². The lowest BCUT2D eigenvalue weighted by atomic mass is 10.2. The van der Waals surface area contributed by atoms with Crippen molar-refractivity contribution < 1.29 is 18.0 Å². The number of para-hydroxylation sites is 1. The molecule has 3 aromatic rings. The minimum absolute atomic E-state index is 0.198. The van der Waals surface area contributed by atoms with Crippen LogP contribution in [0.2, 0.25) is 0 Å². The zero-order chi connectivity index (χ0) is 18.5. The maximum atomic E-state index is 13.6. The molecule has 1 aromatic heterocycles. The fourth-order valence-corrected chi connectivity index (χ4v) is 2.23. The quantitative estimate of drug-likeness (QED) is 0.721. The molecule has 0 saturated heterocycles. The van der Waals surface area contributed by atoms with Crippen LogP contribution < -0.4 is 10.6 Å². The molecule has 0 aliphatic heterocycles. The molecule has 1 heterocycles. The number of anilines is 2. The van der Waals surface area contributed by atoms with Gasteiger partial charge in [0, 0.05) is 12.7 Å². The summed E-state index contributed by atoms with van der Waals surface area (Å²) in [4.78, 5) is 16.1. The van der Waals surface area contributed by atoms with Gasteiger partial charge < -0.3 is 10.6 Å². The van der Waals surface area contributed by atoms with Crippen LogP contribution in [0, 0.1) is 17.5 Å². The fourth-order valence-electron chi connectivity index (χ4n) is 2.23. The number of nitrogens with one attached hydrogen (secondary N) is 2. The molecule has 4 nitrogen and oxygen atoms in total. The van der Waals surface area contributed by atoms with Gasteiger partial charge in [-0.3, -0.25) is 4.79 Å². The molecular formula is C19H14F3N3O. The normalized spacial score (nSPS) is 10.4. The minimum atomic E-state index is -0.743. The Morgan fingerprint density at radius 3 is 2.23 bits per heavy atom. The van der Waals surface area contributed by atoms with Crippen LogP contribution in [-0.2, 0) is 6.54 Å². The summed E-state index contributed by atoms with van der Waals surface area (Å²) in [6.07, 6.45) is 1.29. The lowest BCUT2D eigenvalue weighted by Crippen LogP contribution is -2.22. The number of carbonyl (C=O) groups excluding carboxylic acids is 1. The van der Waals surface area contributed by atoms with Crippen LogP contribution >= 0.6 is 0 Å². The second kappa shape index (κ2) is 7.69. The lowest BCUT2D eigenvalue weighted by Gasteiger charge is -2.09. The first kappa shape index (κ1) is 17.5. The second-order valence-electron chi connectivity index (χ2n) is 5.46. The predicted octanol–water partition coefficient (Wildman–Crippen LogP) is 4.17. The van der Waals surface area contributed by atoms with E-state index in [0.717, 1.165) is 17.7 Å². The average Bonchev–Trinajstić information content (AvgIpc) is 2.65. The van der Waals surface area contributed by atoms with Crippen molar-refractivity contribution in [2.75, 3.05) is 5.32 Å². The largest absolute Gasteiger partial charge is 0.348 e. The third-order valence-corrected chi connectivity index (χ3v) is 3.61. The molecule has 0 bridgehead atoms. The molecule has 0 aliphatic carbocycles. The number of benzene rings is 2. The molecule has 3 rings (SSSR count). The number of rotatable bonds is 5. The van der Waals surface area contributed by atoms with E-state index in [-0.39, 0.29) is 35.3 Å². The van der Waals surface area contributed by atoms with E-state index in [1.54, 1.807) is 12.1 Å². The summed E-state index contributed by atoms with van der Waals surface area (Å²) in [6, 6.07) is 12.2. The van der Waals surface area contributed by atoms with Gasteiger partial charge in [-0.25, -0.2) is 18.2 Å². The number of nitrogens with zero attached hydrogens (tertiary/aromatic N) is 1. The summed E-state index contributed by atoms with van der Waals surface area (Å²) in [5.74, 6) is -2.01. The molecule has 2 aromatic carbocycles. The van der Waals surface area contributed by atoms with E-state index in [9.17, 15) is 18.0 Å². The van der Waals surface area contributed by atoms with Crippen molar-refractivity contribution in [3.05, 3.63) is 89.4 Å². The Kier molecular flexibility index (Phi) is 5.17. The van der Waals surface area contributed by atoms with Crippen LogP contribution in [0.3, 0.4) is 0 Å². The zero-order valence-corrected chi connectivity index (χ0v) is 13.5. The van der Waals surface area contributed by atoms with Crippen molar-refractivity contribution in [2.45, 2.75) is 6.54 Å². The number of pyridine rings is 1. The van der Waals surface area contributed by atoms with E-state index in [2.05, 4.69) is 15.6 Å². The predicted molar refractivity (Wildman–Crippen MR) is 91.4 cm³/mol. The third-order valence-electron chi connectivity index (χ3n) is 3.61. The van der Waals surface area contributed by atoms with Crippen molar-refractivity contribution in [3.63, 3.8) is 0 Å². The number of halogens is 3. The molecule has 26 heavy (non-hydrogen) atoms. The van der Waals surface area contributed by atoms with E-state index in [1.165, 1.54) is 36.5 Å². The molecule has 0 atom stereocenters. The summed E-state index contributed by atoms with van der Waals surface area (Å²) in [5, 5.41) is 5.22. The van der Waals surface area contributed by atoms with Gasteiger partial charge in [-0.1, -0.05) is 18.2 Å². The first-order chi connectivity index (χ1) is 12.5. The molecule has 0 fully saturated rings. The molecule has 0 saturated carbocycles. The summed E-state index contributed by atoms with van der Waals surface area (Å²) < 4.78 is 40.1. The van der Waals surface area contributed by atoms with Crippen molar-refractivity contribution in [2.24, 2.45) is 0 Å². The maximum absolute atomic E-state index is 13.6. The van der Waals surface area contributed by atoms with Gasteiger partial charge in [-0.15, -0.1) is 0 Å². The Labute approximate surface area is 147 Å². The van der Waals surface area contributed by atoms with Crippen molar-refractivity contribution >= 4 is 17.4 Å². The first-order valence-corrected chi connectivity index (χ1v) is 7.72. The summed E-state index contributed by atoms with van der Waals surface area (Å²) in [6.45, 7) is 0.236. The van der Waals surface area contributed by atoms with Crippen LogP contribution in [-0.4, -0.2) is 10.9 Å². The molecule has 2 N–H and O–H groups in total. The lowest BCUT2D eigenvalue weighted by molar-refractivity contribution is 0.0950. The van der Waals surface area contributed by atoms with Gasteiger partial charge in [0.2, 0.25) is 0 Å². The van der Waals surface area contributed by atoms with Crippen LogP contribution in [0.15, 0.2) is 60.8 Å². The van der Waals surface area contributed by atoms with Crippen LogP contribution in [0.1, 0.15) is 15.9 Å². The standard InChI is InChI=1S/C19H14F3N3O/c20-14-7-4-12(5-8-14)10-24-19(26)13-6-9-17(23-11-13)25-18-15(21)2-1-3-16(18)22/h1-9,11H,10H2,(H,23,25)(H,24,26). The second-order valence-corrected chi connectivity index (χ2v) is 5.46. The van der Waals surface area contributed by atoms with Gasteiger partial charge in [0.15, 0.2) is 0 Å². The minimum Gasteiger partial charge on any atom is -0.348 e. The van der Waals surface area contributed by atoms with Crippen molar-refractivity contribution in [1.82, 2.24) is 10.3 Å². The Hall–Kier alpha value is -3.35. The third kappa shape index (κ3) is 4.18.